The van der Waals surface area contributed by atoms with Crippen molar-refractivity contribution in [3.63, 3.8) is 0 Å². The number of para-hydroxylation sites is 1. The van der Waals surface area contributed by atoms with E-state index in [4.69, 9.17) is 21.1 Å². The average Bonchev–Trinajstić information content (AvgIpc) is 3.00. The number of carbonyl (C=O) groups excluding carboxylic acids is 2. The number of aromatic nitrogens is 1. The van der Waals surface area contributed by atoms with Crippen LogP contribution in [0.3, 0.4) is 0 Å². The molecule has 0 saturated heterocycles. The number of pyridine rings is 1. The van der Waals surface area contributed by atoms with E-state index in [2.05, 4.69) is 15.6 Å². The predicted molar refractivity (Wildman–Crippen MR) is 167 cm³/mol. The maximum atomic E-state index is 12.6. The minimum absolute atomic E-state index is 0.0395. The minimum Gasteiger partial charge on any atom is -0.490 e. The minimum atomic E-state index is -1.10. The number of amides is 2. The summed E-state index contributed by atoms with van der Waals surface area (Å²) in [6.07, 6.45) is 3.46. The first-order valence-corrected chi connectivity index (χ1v) is 14.7. The molecule has 0 spiro atoms. The molecule has 0 radical (unpaired) electrons. The van der Waals surface area contributed by atoms with E-state index in [1.54, 1.807) is 61.5 Å². The molecule has 1 saturated carbocycles. The van der Waals surface area contributed by atoms with Crippen molar-refractivity contribution in [1.29, 1.82) is 0 Å². The molecule has 0 atom stereocenters. The van der Waals surface area contributed by atoms with E-state index >= 15 is 0 Å². The number of rotatable bonds is 10. The summed E-state index contributed by atoms with van der Waals surface area (Å²) in [4.78, 5) is 40.6. The average molecular weight is 614 g/mol. The van der Waals surface area contributed by atoms with Gasteiger partial charge in [0.05, 0.1) is 23.8 Å². The topological polar surface area (TPSA) is 127 Å². The first-order valence-electron chi connectivity index (χ1n) is 14.3. The predicted octanol–water partition coefficient (Wildman–Crippen LogP) is 6.84. The number of benzene rings is 3. The van der Waals surface area contributed by atoms with Crippen LogP contribution in [0.25, 0.3) is 0 Å². The number of anilines is 1. The molecule has 0 aliphatic heterocycles. The maximum absolute atomic E-state index is 12.6. The summed E-state index contributed by atoms with van der Waals surface area (Å²) >= 11 is 5.99. The van der Waals surface area contributed by atoms with E-state index in [9.17, 15) is 19.5 Å². The summed E-state index contributed by atoms with van der Waals surface area (Å²) in [5, 5.41) is 15.4. The molecule has 2 amide bonds. The number of nitrogens with one attached hydrogen (secondary N) is 2. The van der Waals surface area contributed by atoms with Gasteiger partial charge in [-0.05, 0) is 98.8 Å². The molecule has 0 bridgehead atoms. The van der Waals surface area contributed by atoms with E-state index in [1.807, 2.05) is 24.3 Å². The Morgan fingerprint density at radius 1 is 0.886 bits per heavy atom. The van der Waals surface area contributed by atoms with E-state index < -0.39 is 5.97 Å². The Morgan fingerprint density at radius 3 is 2.18 bits per heavy atom. The summed E-state index contributed by atoms with van der Waals surface area (Å²) in [5.74, 6) is 0.450. The fourth-order valence-corrected chi connectivity index (χ4v) is 5.35. The van der Waals surface area contributed by atoms with Gasteiger partial charge in [0.15, 0.2) is 0 Å². The molecule has 44 heavy (non-hydrogen) atoms. The third-order valence-corrected chi connectivity index (χ3v) is 7.47. The van der Waals surface area contributed by atoms with Gasteiger partial charge in [-0.2, -0.15) is 0 Å². The molecule has 0 unspecified atom stereocenters. The largest absolute Gasteiger partial charge is 0.490 e. The van der Waals surface area contributed by atoms with Crippen LogP contribution in [0.2, 0.25) is 5.15 Å². The number of nitrogens with zero attached hydrogens (tertiary/aromatic N) is 1. The molecule has 1 aliphatic rings. The van der Waals surface area contributed by atoms with Crippen LogP contribution in [-0.2, 0) is 11.2 Å². The summed E-state index contributed by atoms with van der Waals surface area (Å²) in [6, 6.07) is 24.2. The summed E-state index contributed by atoms with van der Waals surface area (Å²) in [7, 11) is 0. The van der Waals surface area contributed by atoms with Gasteiger partial charge in [0.25, 0.3) is 5.91 Å². The second kappa shape index (κ2) is 14.1. The molecule has 1 aromatic heterocycles. The monoisotopic (exact) mass is 613 g/mol. The van der Waals surface area contributed by atoms with Crippen LogP contribution < -0.4 is 20.1 Å². The lowest BCUT2D eigenvalue weighted by Crippen LogP contribution is -2.39. The van der Waals surface area contributed by atoms with Crippen LogP contribution >= 0.6 is 11.6 Å². The highest BCUT2D eigenvalue weighted by Crippen LogP contribution is 2.28. The van der Waals surface area contributed by atoms with Gasteiger partial charge < -0.3 is 25.2 Å². The molecule has 4 aromatic rings. The van der Waals surface area contributed by atoms with Crippen LogP contribution in [0.5, 0.6) is 17.2 Å². The molecule has 5 rings (SSSR count). The number of hydrogen-bond acceptors (Lipinski definition) is 6. The van der Waals surface area contributed by atoms with Crippen molar-refractivity contribution in [2.75, 3.05) is 5.32 Å². The highest BCUT2D eigenvalue weighted by molar-refractivity contribution is 6.29. The smallest absolute Gasteiger partial charge is 0.337 e. The lowest BCUT2D eigenvalue weighted by atomic mass is 9.92. The number of hydrogen-bond donors (Lipinski definition) is 3. The first-order chi connectivity index (χ1) is 21.2. The second-order valence-corrected chi connectivity index (χ2v) is 11.1. The molecular weight excluding hydrogens is 582 g/mol. The summed E-state index contributed by atoms with van der Waals surface area (Å²) in [5.41, 5.74) is 2.28. The SMILES string of the molecule is Cc1cc(C(=O)NC2CCC(Oc3ccc(Oc4ccc(CC(=O)Nc5ccccc5C(=O)O)cc4)cc3)CC2)cc(Cl)n1. The molecule has 226 valence electrons. The van der Waals surface area contributed by atoms with Crippen LogP contribution in [0.15, 0.2) is 84.9 Å². The van der Waals surface area contributed by atoms with Gasteiger partial charge in [-0.15, -0.1) is 0 Å². The van der Waals surface area contributed by atoms with Gasteiger partial charge in [0.1, 0.15) is 22.4 Å². The Hall–Kier alpha value is -4.89. The Balaban J connectivity index is 1.06. The molecule has 3 aromatic carbocycles. The maximum Gasteiger partial charge on any atom is 0.337 e. The van der Waals surface area contributed by atoms with Gasteiger partial charge in [-0.25, -0.2) is 9.78 Å². The van der Waals surface area contributed by atoms with Crippen molar-refractivity contribution >= 4 is 35.1 Å². The third kappa shape index (κ3) is 8.35. The van der Waals surface area contributed by atoms with Gasteiger partial charge in [0, 0.05) is 17.3 Å². The number of carboxylic acid groups (broad SMARTS) is 1. The van der Waals surface area contributed by atoms with Crippen LogP contribution in [-0.4, -0.2) is 40.0 Å². The third-order valence-electron chi connectivity index (χ3n) is 7.28. The molecule has 1 heterocycles. The van der Waals surface area contributed by atoms with Crippen LogP contribution in [0.4, 0.5) is 5.69 Å². The van der Waals surface area contributed by atoms with Crippen molar-refractivity contribution < 1.29 is 29.0 Å². The summed E-state index contributed by atoms with van der Waals surface area (Å²) in [6.45, 7) is 1.81. The van der Waals surface area contributed by atoms with Gasteiger partial charge in [0.2, 0.25) is 5.91 Å². The van der Waals surface area contributed by atoms with Crippen LogP contribution in [0.1, 0.15) is 57.7 Å². The van der Waals surface area contributed by atoms with Gasteiger partial charge in [-0.3, -0.25) is 9.59 Å². The van der Waals surface area contributed by atoms with Crippen molar-refractivity contribution in [3.05, 3.63) is 112 Å². The standard InChI is InChI=1S/C34H32ClN3O6/c1-21-18-23(20-31(35)36-21)33(40)37-24-8-12-26(13-9-24)44-28-16-14-27(15-17-28)43-25-10-6-22(7-11-25)19-32(39)38-30-5-3-2-4-29(30)34(41)42/h2-7,10-11,14-18,20,24,26H,8-9,12-13,19H2,1H3,(H,37,40)(H,38,39)(H,41,42). The van der Waals surface area contributed by atoms with E-state index in [-0.39, 0.29) is 41.6 Å². The molecule has 1 fully saturated rings. The van der Waals surface area contributed by atoms with Crippen LogP contribution in [0, 0.1) is 6.92 Å². The normalized spacial score (nSPS) is 16.0. The zero-order valence-electron chi connectivity index (χ0n) is 24.1. The van der Waals surface area contributed by atoms with Gasteiger partial charge in [-0.1, -0.05) is 35.9 Å². The molecular formula is C34H32ClN3O6. The fraction of sp³-hybridized carbons (Fsp3) is 0.235. The van der Waals surface area contributed by atoms with Crippen molar-refractivity contribution in [2.45, 2.75) is 51.2 Å². The molecule has 1 aliphatic carbocycles. The Kier molecular flexibility index (Phi) is 9.76. The Bertz CT molecular complexity index is 1610. The molecule has 3 N–H and O–H groups in total. The zero-order valence-corrected chi connectivity index (χ0v) is 24.8. The fourth-order valence-electron chi connectivity index (χ4n) is 5.10. The zero-order chi connectivity index (χ0) is 31.1. The number of halogens is 1. The summed E-state index contributed by atoms with van der Waals surface area (Å²) < 4.78 is 12.1. The molecule has 9 nitrogen and oxygen atoms in total. The van der Waals surface area contributed by atoms with E-state index in [0.29, 0.717) is 27.9 Å². The number of aromatic carboxylic acids is 1. The van der Waals surface area contributed by atoms with Crippen molar-refractivity contribution in [2.24, 2.45) is 0 Å². The number of aryl methyl sites for hydroxylation is 1. The van der Waals surface area contributed by atoms with E-state index in [1.165, 1.54) is 6.07 Å². The molecule has 10 heteroatoms. The van der Waals surface area contributed by atoms with Crippen molar-refractivity contribution in [1.82, 2.24) is 10.3 Å². The van der Waals surface area contributed by atoms with Gasteiger partial charge >= 0.3 is 5.97 Å². The number of ether oxygens (including phenoxy) is 2. The Labute approximate surface area is 260 Å². The van der Waals surface area contributed by atoms with E-state index in [0.717, 1.165) is 37.0 Å². The van der Waals surface area contributed by atoms with Crippen molar-refractivity contribution in [3.8, 4) is 17.2 Å². The lowest BCUT2D eigenvalue weighted by Gasteiger charge is -2.29. The lowest BCUT2D eigenvalue weighted by molar-refractivity contribution is -0.115. The number of carboxylic acids is 1. The Morgan fingerprint density at radius 2 is 1.52 bits per heavy atom. The first kappa shape index (κ1) is 30.6. The number of carbonyl (C=O) groups is 3. The quantitative estimate of drug-likeness (QED) is 0.167. The highest BCUT2D eigenvalue weighted by Gasteiger charge is 2.24. The highest BCUT2D eigenvalue weighted by atomic mass is 35.5. The second-order valence-electron chi connectivity index (χ2n) is 10.7.